The standard InChI is InChI=1S/C25H26FN3O2/c1-18(20-8-4-3-5-9-20)27-25(31)22-10-6-7-11-23(22)28-24(30)17-29(2)16-19-12-14-21(26)15-13-19/h3-15,18H,16-17H2,1-2H3,(H,27,31)(H,28,30). The van der Waals surface area contributed by atoms with Crippen molar-refractivity contribution in [2.24, 2.45) is 0 Å². The number of para-hydroxylation sites is 1. The number of halogens is 1. The average Bonchev–Trinajstić information content (AvgIpc) is 2.76. The number of rotatable bonds is 8. The lowest BCUT2D eigenvalue weighted by atomic mass is 10.1. The maximum Gasteiger partial charge on any atom is 0.253 e. The first kappa shape index (κ1) is 22.2. The summed E-state index contributed by atoms with van der Waals surface area (Å²) < 4.78 is 13.0. The molecule has 160 valence electrons. The second-order valence-corrected chi connectivity index (χ2v) is 7.50. The Hall–Kier alpha value is -3.51. The van der Waals surface area contributed by atoms with Gasteiger partial charge in [0.05, 0.1) is 23.8 Å². The highest BCUT2D eigenvalue weighted by Gasteiger charge is 2.16. The molecule has 1 atom stereocenters. The number of hydrogen-bond acceptors (Lipinski definition) is 3. The zero-order valence-electron chi connectivity index (χ0n) is 17.6. The maximum atomic E-state index is 13.0. The first-order valence-corrected chi connectivity index (χ1v) is 10.1. The van der Waals surface area contributed by atoms with Gasteiger partial charge in [-0.2, -0.15) is 0 Å². The molecule has 31 heavy (non-hydrogen) atoms. The quantitative estimate of drug-likeness (QED) is 0.569. The minimum absolute atomic E-state index is 0.133. The molecule has 1 unspecified atom stereocenters. The molecule has 5 nitrogen and oxygen atoms in total. The molecule has 3 aromatic rings. The third-order valence-corrected chi connectivity index (χ3v) is 4.87. The zero-order chi connectivity index (χ0) is 22.2. The molecule has 3 rings (SSSR count). The molecular weight excluding hydrogens is 393 g/mol. The normalized spacial score (nSPS) is 11.7. The molecular formula is C25H26FN3O2. The van der Waals surface area contributed by atoms with Crippen LogP contribution in [0.5, 0.6) is 0 Å². The van der Waals surface area contributed by atoms with E-state index in [0.29, 0.717) is 17.8 Å². The van der Waals surface area contributed by atoms with E-state index in [2.05, 4.69) is 10.6 Å². The molecule has 0 saturated carbocycles. The number of nitrogens with one attached hydrogen (secondary N) is 2. The van der Waals surface area contributed by atoms with Crippen LogP contribution < -0.4 is 10.6 Å². The third kappa shape index (κ3) is 6.49. The second-order valence-electron chi connectivity index (χ2n) is 7.50. The van der Waals surface area contributed by atoms with Gasteiger partial charge >= 0.3 is 0 Å². The van der Waals surface area contributed by atoms with Crippen LogP contribution in [0.3, 0.4) is 0 Å². The fourth-order valence-electron chi connectivity index (χ4n) is 3.28. The predicted molar refractivity (Wildman–Crippen MR) is 120 cm³/mol. The van der Waals surface area contributed by atoms with Gasteiger partial charge in [-0.05, 0) is 49.4 Å². The summed E-state index contributed by atoms with van der Waals surface area (Å²) in [7, 11) is 1.81. The van der Waals surface area contributed by atoms with E-state index in [0.717, 1.165) is 11.1 Å². The van der Waals surface area contributed by atoms with Crippen molar-refractivity contribution in [1.29, 1.82) is 0 Å². The SMILES string of the molecule is CC(NC(=O)c1ccccc1NC(=O)CN(C)Cc1ccc(F)cc1)c1ccccc1. The van der Waals surface area contributed by atoms with Crippen molar-refractivity contribution in [3.8, 4) is 0 Å². The number of carbonyl (C=O) groups is 2. The molecule has 0 heterocycles. The van der Waals surface area contributed by atoms with Crippen LogP contribution in [0.1, 0.15) is 34.5 Å². The van der Waals surface area contributed by atoms with Gasteiger partial charge in [0.25, 0.3) is 5.91 Å². The average molecular weight is 420 g/mol. The predicted octanol–water partition coefficient (Wildman–Crippen LogP) is 4.39. The summed E-state index contributed by atoms with van der Waals surface area (Å²) >= 11 is 0. The van der Waals surface area contributed by atoms with Gasteiger partial charge in [0.2, 0.25) is 5.91 Å². The van der Waals surface area contributed by atoms with Crippen molar-refractivity contribution in [2.75, 3.05) is 18.9 Å². The highest BCUT2D eigenvalue weighted by atomic mass is 19.1. The topological polar surface area (TPSA) is 61.4 Å². The van der Waals surface area contributed by atoms with Crippen LogP contribution in [-0.4, -0.2) is 30.3 Å². The van der Waals surface area contributed by atoms with E-state index in [-0.39, 0.29) is 30.2 Å². The second kappa shape index (κ2) is 10.5. The Morgan fingerprint density at radius 3 is 2.29 bits per heavy atom. The zero-order valence-corrected chi connectivity index (χ0v) is 17.6. The monoisotopic (exact) mass is 419 g/mol. The van der Waals surface area contributed by atoms with Crippen LogP contribution in [-0.2, 0) is 11.3 Å². The highest BCUT2D eigenvalue weighted by Crippen LogP contribution is 2.18. The Balaban J connectivity index is 1.60. The van der Waals surface area contributed by atoms with Crippen molar-refractivity contribution >= 4 is 17.5 Å². The molecule has 0 aliphatic rings. The summed E-state index contributed by atoms with van der Waals surface area (Å²) in [6.07, 6.45) is 0. The Kier molecular flexibility index (Phi) is 7.51. The number of benzene rings is 3. The largest absolute Gasteiger partial charge is 0.345 e. The molecule has 0 aliphatic carbocycles. The highest BCUT2D eigenvalue weighted by molar-refractivity contribution is 6.04. The number of carbonyl (C=O) groups excluding carboxylic acids is 2. The summed E-state index contributed by atoms with van der Waals surface area (Å²) in [4.78, 5) is 27.2. The molecule has 0 aromatic heterocycles. The fraction of sp³-hybridized carbons (Fsp3) is 0.200. The van der Waals surface area contributed by atoms with Crippen LogP contribution >= 0.6 is 0 Å². The first-order valence-electron chi connectivity index (χ1n) is 10.1. The maximum absolute atomic E-state index is 13.0. The number of hydrogen-bond donors (Lipinski definition) is 2. The molecule has 3 aromatic carbocycles. The van der Waals surface area contributed by atoms with Gasteiger partial charge in [-0.25, -0.2) is 4.39 Å². The van der Waals surface area contributed by atoms with Crippen molar-refractivity contribution in [2.45, 2.75) is 19.5 Å². The Morgan fingerprint density at radius 1 is 0.935 bits per heavy atom. The lowest BCUT2D eigenvalue weighted by molar-refractivity contribution is -0.117. The van der Waals surface area contributed by atoms with Gasteiger partial charge in [0.1, 0.15) is 5.82 Å². The summed E-state index contributed by atoms with van der Waals surface area (Å²) in [6, 6.07) is 22.6. The molecule has 0 saturated heterocycles. The summed E-state index contributed by atoms with van der Waals surface area (Å²) in [6.45, 7) is 2.55. The lowest BCUT2D eigenvalue weighted by Crippen LogP contribution is -2.31. The van der Waals surface area contributed by atoms with Gasteiger partial charge < -0.3 is 10.6 Å². The van der Waals surface area contributed by atoms with E-state index in [1.807, 2.05) is 49.2 Å². The van der Waals surface area contributed by atoms with Gasteiger partial charge in [-0.1, -0.05) is 54.6 Å². The molecule has 6 heteroatoms. The van der Waals surface area contributed by atoms with Gasteiger partial charge in [0.15, 0.2) is 0 Å². The number of likely N-dealkylation sites (N-methyl/N-ethyl adjacent to an activating group) is 1. The van der Waals surface area contributed by atoms with Crippen LogP contribution in [0, 0.1) is 5.82 Å². The Labute approximate surface area is 181 Å². The minimum atomic E-state index is -0.291. The van der Waals surface area contributed by atoms with Crippen molar-refractivity contribution in [1.82, 2.24) is 10.2 Å². The van der Waals surface area contributed by atoms with E-state index >= 15 is 0 Å². The van der Waals surface area contributed by atoms with E-state index in [1.54, 1.807) is 36.4 Å². The van der Waals surface area contributed by atoms with Gasteiger partial charge in [-0.15, -0.1) is 0 Å². The number of amides is 2. The summed E-state index contributed by atoms with van der Waals surface area (Å²) in [5, 5.41) is 5.80. The van der Waals surface area contributed by atoms with Gasteiger partial charge in [0, 0.05) is 6.54 Å². The molecule has 0 fully saturated rings. The molecule has 2 N–H and O–H groups in total. The molecule has 0 aliphatic heterocycles. The lowest BCUT2D eigenvalue weighted by Gasteiger charge is -2.18. The van der Waals surface area contributed by atoms with Crippen molar-refractivity contribution < 1.29 is 14.0 Å². The molecule has 0 bridgehead atoms. The minimum Gasteiger partial charge on any atom is -0.345 e. The van der Waals surface area contributed by atoms with Gasteiger partial charge in [-0.3, -0.25) is 14.5 Å². The van der Waals surface area contributed by atoms with E-state index in [1.165, 1.54) is 12.1 Å². The number of anilines is 1. The van der Waals surface area contributed by atoms with Crippen molar-refractivity contribution in [3.63, 3.8) is 0 Å². The summed E-state index contributed by atoms with van der Waals surface area (Å²) in [5.74, 6) is -0.784. The smallest absolute Gasteiger partial charge is 0.253 e. The number of nitrogens with zero attached hydrogens (tertiary/aromatic N) is 1. The molecule has 2 amide bonds. The Bertz CT molecular complexity index is 1020. The summed E-state index contributed by atoms with van der Waals surface area (Å²) in [5.41, 5.74) is 2.77. The van der Waals surface area contributed by atoms with E-state index in [4.69, 9.17) is 0 Å². The van der Waals surface area contributed by atoms with Crippen LogP contribution in [0.2, 0.25) is 0 Å². The molecule has 0 radical (unpaired) electrons. The fourth-order valence-corrected chi connectivity index (χ4v) is 3.28. The Morgan fingerprint density at radius 2 is 1.58 bits per heavy atom. The molecule has 0 spiro atoms. The van der Waals surface area contributed by atoms with Crippen molar-refractivity contribution in [3.05, 3.63) is 101 Å². The van der Waals surface area contributed by atoms with E-state index < -0.39 is 0 Å². The third-order valence-electron chi connectivity index (χ3n) is 4.87. The van der Waals surface area contributed by atoms with E-state index in [9.17, 15) is 14.0 Å². The van der Waals surface area contributed by atoms with Crippen LogP contribution in [0.4, 0.5) is 10.1 Å². The first-order chi connectivity index (χ1) is 14.9. The van der Waals surface area contributed by atoms with Crippen LogP contribution in [0.25, 0.3) is 0 Å². The van der Waals surface area contributed by atoms with Crippen LogP contribution in [0.15, 0.2) is 78.9 Å².